The Hall–Kier alpha value is -1.64. The molecular formula is C19H25NO. The summed E-state index contributed by atoms with van der Waals surface area (Å²) in [4.78, 5) is 0. The minimum atomic E-state index is -0.670. The Labute approximate surface area is 127 Å². The Bertz CT molecular complexity index is 482. The first-order valence-electron chi connectivity index (χ1n) is 7.68. The van der Waals surface area contributed by atoms with Gasteiger partial charge in [-0.3, -0.25) is 0 Å². The van der Waals surface area contributed by atoms with Gasteiger partial charge in [0.1, 0.15) is 0 Å². The van der Waals surface area contributed by atoms with Gasteiger partial charge in [0.25, 0.3) is 0 Å². The molecule has 0 spiro atoms. The van der Waals surface area contributed by atoms with Crippen LogP contribution in [0.15, 0.2) is 60.7 Å². The molecule has 0 fully saturated rings. The molecule has 21 heavy (non-hydrogen) atoms. The Balaban J connectivity index is 2.18. The maximum Gasteiger partial charge on any atom is 0.0743 e. The van der Waals surface area contributed by atoms with Gasteiger partial charge >= 0.3 is 0 Å². The summed E-state index contributed by atoms with van der Waals surface area (Å²) in [5, 5.41) is 13.9. The summed E-state index contributed by atoms with van der Waals surface area (Å²) in [6.45, 7) is 4.58. The molecule has 2 nitrogen and oxygen atoms in total. The number of nitrogens with one attached hydrogen (secondary N) is 1. The summed E-state index contributed by atoms with van der Waals surface area (Å²) in [6.07, 6.45) is 1.78. The fourth-order valence-electron chi connectivity index (χ4n) is 2.67. The van der Waals surface area contributed by atoms with Crippen LogP contribution in [0.2, 0.25) is 0 Å². The molecule has 0 aliphatic heterocycles. The predicted molar refractivity (Wildman–Crippen MR) is 88.3 cm³/mol. The van der Waals surface area contributed by atoms with E-state index in [1.54, 1.807) is 0 Å². The molecule has 0 radical (unpaired) electrons. The summed E-state index contributed by atoms with van der Waals surface area (Å²) in [6, 6.07) is 20.9. The van der Waals surface area contributed by atoms with Gasteiger partial charge in [0.05, 0.1) is 11.6 Å². The van der Waals surface area contributed by atoms with Crippen molar-refractivity contribution in [2.45, 2.75) is 38.3 Å². The van der Waals surface area contributed by atoms with Gasteiger partial charge in [-0.05, 0) is 24.5 Å². The molecule has 0 amide bonds. The summed E-state index contributed by atoms with van der Waals surface area (Å²) >= 11 is 0. The van der Waals surface area contributed by atoms with Gasteiger partial charge in [0.2, 0.25) is 0 Å². The zero-order chi connectivity index (χ0) is 15.1. The second-order valence-corrected chi connectivity index (χ2v) is 5.88. The third-order valence-corrected chi connectivity index (χ3v) is 3.74. The molecule has 0 bridgehead atoms. The van der Waals surface area contributed by atoms with E-state index in [0.717, 1.165) is 12.8 Å². The highest BCUT2D eigenvalue weighted by atomic mass is 16.3. The van der Waals surface area contributed by atoms with Crippen LogP contribution in [0.3, 0.4) is 0 Å². The van der Waals surface area contributed by atoms with E-state index in [9.17, 15) is 5.11 Å². The first kappa shape index (κ1) is 15.7. The standard InChI is InChI=1S/C19H25NO/c1-3-14-19(2,21)15-20-18(16-10-6-4-7-11-16)17-12-8-5-9-13-17/h4-13,18,20-21H,3,14-15H2,1-2H3. The lowest BCUT2D eigenvalue weighted by Gasteiger charge is -2.27. The topological polar surface area (TPSA) is 32.3 Å². The molecule has 2 heteroatoms. The monoisotopic (exact) mass is 283 g/mol. The van der Waals surface area contributed by atoms with E-state index in [4.69, 9.17) is 0 Å². The number of aliphatic hydroxyl groups is 1. The maximum atomic E-state index is 10.4. The largest absolute Gasteiger partial charge is 0.389 e. The molecule has 0 saturated heterocycles. The number of hydrogen-bond donors (Lipinski definition) is 2. The van der Waals surface area contributed by atoms with Gasteiger partial charge in [-0.1, -0.05) is 74.0 Å². The van der Waals surface area contributed by atoms with Crippen molar-refractivity contribution in [2.75, 3.05) is 6.54 Å². The predicted octanol–water partition coefficient (Wildman–Crippen LogP) is 3.92. The van der Waals surface area contributed by atoms with Crippen molar-refractivity contribution < 1.29 is 5.11 Å². The van der Waals surface area contributed by atoms with Crippen LogP contribution in [0.4, 0.5) is 0 Å². The van der Waals surface area contributed by atoms with Gasteiger partial charge in [-0.2, -0.15) is 0 Å². The SMILES string of the molecule is CCCC(C)(O)CNC(c1ccccc1)c1ccccc1. The first-order valence-corrected chi connectivity index (χ1v) is 7.68. The second-order valence-electron chi connectivity index (χ2n) is 5.88. The molecule has 0 aromatic heterocycles. The van der Waals surface area contributed by atoms with Crippen molar-refractivity contribution in [1.82, 2.24) is 5.32 Å². The van der Waals surface area contributed by atoms with Gasteiger partial charge in [-0.25, -0.2) is 0 Å². The molecule has 2 aromatic rings. The Kier molecular flexibility index (Phi) is 5.54. The van der Waals surface area contributed by atoms with Crippen molar-refractivity contribution in [3.63, 3.8) is 0 Å². The summed E-state index contributed by atoms with van der Waals surface area (Å²) in [5.41, 5.74) is 1.77. The van der Waals surface area contributed by atoms with Crippen LogP contribution in [0, 0.1) is 0 Å². The van der Waals surface area contributed by atoms with E-state index in [1.165, 1.54) is 11.1 Å². The van der Waals surface area contributed by atoms with Crippen LogP contribution in [-0.2, 0) is 0 Å². The van der Waals surface area contributed by atoms with Gasteiger partial charge in [-0.15, -0.1) is 0 Å². The maximum absolute atomic E-state index is 10.4. The van der Waals surface area contributed by atoms with E-state index in [-0.39, 0.29) is 6.04 Å². The van der Waals surface area contributed by atoms with E-state index >= 15 is 0 Å². The molecule has 112 valence electrons. The Morgan fingerprint density at radius 2 is 1.43 bits per heavy atom. The van der Waals surface area contributed by atoms with Crippen LogP contribution < -0.4 is 5.32 Å². The third-order valence-electron chi connectivity index (χ3n) is 3.74. The summed E-state index contributed by atoms with van der Waals surface area (Å²) in [5.74, 6) is 0. The minimum Gasteiger partial charge on any atom is -0.389 e. The van der Waals surface area contributed by atoms with Gasteiger partial charge in [0, 0.05) is 6.54 Å². The third kappa shape index (κ3) is 4.69. The molecule has 2 rings (SSSR count). The smallest absolute Gasteiger partial charge is 0.0743 e. The van der Waals surface area contributed by atoms with E-state index in [0.29, 0.717) is 6.54 Å². The van der Waals surface area contributed by atoms with Crippen molar-refractivity contribution >= 4 is 0 Å². The van der Waals surface area contributed by atoms with Crippen LogP contribution in [0.5, 0.6) is 0 Å². The van der Waals surface area contributed by atoms with Crippen LogP contribution >= 0.6 is 0 Å². The number of rotatable bonds is 7. The number of benzene rings is 2. The minimum absolute atomic E-state index is 0.107. The normalized spacial score (nSPS) is 14.1. The second kappa shape index (κ2) is 7.39. The van der Waals surface area contributed by atoms with Crippen LogP contribution in [0.25, 0.3) is 0 Å². The van der Waals surface area contributed by atoms with Crippen LogP contribution in [-0.4, -0.2) is 17.3 Å². The average molecular weight is 283 g/mol. The molecule has 0 aliphatic carbocycles. The van der Waals surface area contributed by atoms with E-state index in [2.05, 4.69) is 60.8 Å². The molecule has 1 unspecified atom stereocenters. The highest BCUT2D eigenvalue weighted by molar-refractivity contribution is 5.31. The lowest BCUT2D eigenvalue weighted by Crippen LogP contribution is -2.39. The first-order chi connectivity index (χ1) is 10.1. The van der Waals surface area contributed by atoms with Gasteiger partial charge in [0.15, 0.2) is 0 Å². The fraction of sp³-hybridized carbons (Fsp3) is 0.368. The molecule has 0 aliphatic rings. The summed E-state index contributed by atoms with van der Waals surface area (Å²) in [7, 11) is 0. The summed E-state index contributed by atoms with van der Waals surface area (Å²) < 4.78 is 0. The Morgan fingerprint density at radius 1 is 0.952 bits per heavy atom. The van der Waals surface area contributed by atoms with Crippen molar-refractivity contribution in [1.29, 1.82) is 0 Å². The molecular weight excluding hydrogens is 258 g/mol. The molecule has 0 heterocycles. The average Bonchev–Trinajstić information content (AvgIpc) is 2.49. The van der Waals surface area contributed by atoms with Crippen molar-refractivity contribution in [3.8, 4) is 0 Å². The van der Waals surface area contributed by atoms with Crippen LogP contribution in [0.1, 0.15) is 43.9 Å². The fourth-order valence-corrected chi connectivity index (χ4v) is 2.67. The molecule has 2 aromatic carbocycles. The van der Waals surface area contributed by atoms with Gasteiger partial charge < -0.3 is 10.4 Å². The lowest BCUT2D eigenvalue weighted by atomic mass is 9.96. The Morgan fingerprint density at radius 3 is 1.86 bits per heavy atom. The molecule has 0 saturated carbocycles. The lowest BCUT2D eigenvalue weighted by molar-refractivity contribution is 0.0483. The van der Waals surface area contributed by atoms with E-state index in [1.807, 2.05) is 19.1 Å². The zero-order valence-corrected chi connectivity index (χ0v) is 12.9. The highest BCUT2D eigenvalue weighted by Gasteiger charge is 2.22. The quantitative estimate of drug-likeness (QED) is 0.807. The number of hydrogen-bond acceptors (Lipinski definition) is 2. The van der Waals surface area contributed by atoms with Crippen molar-refractivity contribution in [2.24, 2.45) is 0 Å². The van der Waals surface area contributed by atoms with Crippen molar-refractivity contribution in [3.05, 3.63) is 71.8 Å². The molecule has 1 atom stereocenters. The zero-order valence-electron chi connectivity index (χ0n) is 12.9. The molecule has 2 N–H and O–H groups in total. The highest BCUT2D eigenvalue weighted by Crippen LogP contribution is 2.23. The van der Waals surface area contributed by atoms with E-state index < -0.39 is 5.60 Å².